The van der Waals surface area contributed by atoms with Gasteiger partial charge in [0.25, 0.3) is 0 Å². The van der Waals surface area contributed by atoms with Gasteiger partial charge in [0, 0.05) is 69.8 Å². The fourth-order valence-corrected chi connectivity index (χ4v) is 4.61. The van der Waals surface area contributed by atoms with Crippen LogP contribution in [0.25, 0.3) is 0 Å². The molecule has 0 bridgehead atoms. The van der Waals surface area contributed by atoms with Crippen molar-refractivity contribution in [3.8, 4) is 0 Å². The fraction of sp³-hybridized carbons (Fsp3) is 0.545. The van der Waals surface area contributed by atoms with E-state index < -0.39 is 0 Å². The summed E-state index contributed by atoms with van der Waals surface area (Å²) < 4.78 is 1.98. The van der Waals surface area contributed by atoms with Crippen LogP contribution in [-0.2, 0) is 16.1 Å². The first kappa shape index (κ1) is 19.6. The third-order valence-corrected chi connectivity index (χ3v) is 6.53. The van der Waals surface area contributed by atoms with Crippen LogP contribution in [-0.4, -0.2) is 55.8 Å². The van der Waals surface area contributed by atoms with E-state index in [1.807, 2.05) is 45.8 Å². The first-order valence-electron chi connectivity index (χ1n) is 10.5. The van der Waals surface area contributed by atoms with Gasteiger partial charge in [-0.1, -0.05) is 6.07 Å². The molecule has 0 aromatic carbocycles. The van der Waals surface area contributed by atoms with Crippen molar-refractivity contribution in [2.75, 3.05) is 19.6 Å². The van der Waals surface area contributed by atoms with Crippen LogP contribution in [0.4, 0.5) is 0 Å². The number of aromatic nitrogens is 3. The number of likely N-dealkylation sites (tertiary alicyclic amines) is 2. The van der Waals surface area contributed by atoms with Crippen LogP contribution >= 0.6 is 0 Å². The Morgan fingerprint density at radius 1 is 1.21 bits per heavy atom. The molecule has 0 aliphatic carbocycles. The van der Waals surface area contributed by atoms with Crippen LogP contribution in [0.15, 0.2) is 43.2 Å². The minimum Gasteiger partial charge on any atom is -0.343 e. The molecule has 2 amide bonds. The summed E-state index contributed by atoms with van der Waals surface area (Å²) in [6.45, 7) is 5.02. The lowest BCUT2D eigenvalue weighted by Gasteiger charge is -2.47. The molecule has 0 saturated carbocycles. The molecule has 2 aliphatic heterocycles. The number of pyridine rings is 1. The largest absolute Gasteiger partial charge is 0.343 e. The Hall–Kier alpha value is -2.70. The lowest BCUT2D eigenvalue weighted by atomic mass is 9.72. The molecular formula is C22H29N5O2. The topological polar surface area (TPSA) is 71.3 Å². The standard InChI is InChI=1S/C22H29N5O2/c1-18(26-12-9-24-17-26)13-21(29)25-10-6-22(7-11-25)5-4-20(28)27(16-22)15-19-3-2-8-23-14-19/h2-3,8-9,12,14,17-18H,4-7,10-11,13,15-16H2,1H3/t18-/m0/s1. The molecule has 29 heavy (non-hydrogen) atoms. The van der Waals surface area contributed by atoms with Crippen molar-refractivity contribution < 1.29 is 9.59 Å². The number of nitrogens with zero attached hydrogens (tertiary/aromatic N) is 5. The Balaban J connectivity index is 1.33. The van der Waals surface area contributed by atoms with Crippen LogP contribution < -0.4 is 0 Å². The van der Waals surface area contributed by atoms with Gasteiger partial charge in [-0.05, 0) is 43.2 Å². The van der Waals surface area contributed by atoms with Crippen molar-refractivity contribution in [3.05, 3.63) is 48.8 Å². The van der Waals surface area contributed by atoms with E-state index in [0.29, 0.717) is 19.4 Å². The number of hydrogen-bond donors (Lipinski definition) is 0. The molecule has 0 radical (unpaired) electrons. The molecule has 4 rings (SSSR count). The molecule has 1 spiro atoms. The maximum Gasteiger partial charge on any atom is 0.224 e. The lowest BCUT2D eigenvalue weighted by molar-refractivity contribution is -0.143. The zero-order chi connectivity index (χ0) is 20.3. The molecule has 7 nitrogen and oxygen atoms in total. The van der Waals surface area contributed by atoms with E-state index in [-0.39, 0.29) is 23.3 Å². The normalized spacial score (nSPS) is 20.1. The summed E-state index contributed by atoms with van der Waals surface area (Å²) in [6, 6.07) is 4.04. The number of carbonyl (C=O) groups excluding carboxylic acids is 2. The van der Waals surface area contributed by atoms with E-state index in [1.54, 1.807) is 18.7 Å². The third-order valence-electron chi connectivity index (χ3n) is 6.53. The van der Waals surface area contributed by atoms with E-state index in [0.717, 1.165) is 44.5 Å². The molecule has 7 heteroatoms. The second kappa shape index (κ2) is 8.35. The fourth-order valence-electron chi connectivity index (χ4n) is 4.61. The first-order chi connectivity index (χ1) is 14.0. The van der Waals surface area contributed by atoms with Gasteiger partial charge in [-0.15, -0.1) is 0 Å². The SMILES string of the molecule is C[C@@H](CC(=O)N1CCC2(CCC(=O)N(Cc3cccnc3)C2)CC1)n1ccnc1. The predicted molar refractivity (Wildman–Crippen MR) is 109 cm³/mol. The minimum atomic E-state index is 0.114. The smallest absolute Gasteiger partial charge is 0.224 e. The Labute approximate surface area is 171 Å². The molecule has 0 unspecified atom stereocenters. The van der Waals surface area contributed by atoms with E-state index in [4.69, 9.17) is 0 Å². The highest BCUT2D eigenvalue weighted by molar-refractivity contribution is 5.78. The number of hydrogen-bond acceptors (Lipinski definition) is 4. The van der Waals surface area contributed by atoms with Gasteiger partial charge in [0.05, 0.1) is 6.33 Å². The van der Waals surface area contributed by atoms with E-state index in [1.165, 1.54) is 0 Å². The number of carbonyl (C=O) groups is 2. The zero-order valence-electron chi connectivity index (χ0n) is 17.0. The van der Waals surface area contributed by atoms with Crippen molar-refractivity contribution in [1.82, 2.24) is 24.3 Å². The third kappa shape index (κ3) is 4.49. The second-order valence-corrected chi connectivity index (χ2v) is 8.55. The summed E-state index contributed by atoms with van der Waals surface area (Å²) in [6.07, 6.45) is 13.0. The molecule has 2 aliphatic rings. The van der Waals surface area contributed by atoms with Gasteiger partial charge >= 0.3 is 0 Å². The Morgan fingerprint density at radius 3 is 2.72 bits per heavy atom. The molecule has 2 aromatic heterocycles. The molecule has 4 heterocycles. The van der Waals surface area contributed by atoms with Gasteiger partial charge < -0.3 is 14.4 Å². The quantitative estimate of drug-likeness (QED) is 0.780. The Bertz CT molecular complexity index is 828. The zero-order valence-corrected chi connectivity index (χ0v) is 17.0. The summed E-state index contributed by atoms with van der Waals surface area (Å²) >= 11 is 0. The highest BCUT2D eigenvalue weighted by Crippen LogP contribution is 2.40. The average molecular weight is 396 g/mol. The highest BCUT2D eigenvalue weighted by Gasteiger charge is 2.41. The minimum absolute atomic E-state index is 0.114. The van der Waals surface area contributed by atoms with Crippen LogP contribution in [0.2, 0.25) is 0 Å². The average Bonchev–Trinajstić information content (AvgIpc) is 3.27. The number of piperidine rings is 2. The Morgan fingerprint density at radius 2 is 2.03 bits per heavy atom. The molecule has 2 aromatic rings. The molecule has 2 saturated heterocycles. The van der Waals surface area contributed by atoms with Crippen molar-refractivity contribution >= 4 is 11.8 Å². The maximum atomic E-state index is 12.8. The van der Waals surface area contributed by atoms with Gasteiger partial charge in [0.2, 0.25) is 11.8 Å². The lowest BCUT2D eigenvalue weighted by Crippen LogP contribution is -2.52. The van der Waals surface area contributed by atoms with Crippen molar-refractivity contribution in [2.24, 2.45) is 5.41 Å². The van der Waals surface area contributed by atoms with Crippen LogP contribution in [0.1, 0.15) is 50.6 Å². The van der Waals surface area contributed by atoms with Crippen molar-refractivity contribution in [3.63, 3.8) is 0 Å². The molecule has 1 atom stereocenters. The highest BCUT2D eigenvalue weighted by atomic mass is 16.2. The number of imidazole rings is 1. The van der Waals surface area contributed by atoms with E-state index >= 15 is 0 Å². The summed E-state index contributed by atoms with van der Waals surface area (Å²) in [5, 5.41) is 0. The summed E-state index contributed by atoms with van der Waals surface area (Å²) in [5.41, 5.74) is 1.21. The first-order valence-corrected chi connectivity index (χ1v) is 10.5. The maximum absolute atomic E-state index is 12.8. The van der Waals surface area contributed by atoms with Crippen LogP contribution in [0.3, 0.4) is 0 Å². The summed E-state index contributed by atoms with van der Waals surface area (Å²) in [5.74, 6) is 0.437. The molecule has 154 valence electrons. The van der Waals surface area contributed by atoms with Crippen LogP contribution in [0, 0.1) is 5.41 Å². The molecular weight excluding hydrogens is 366 g/mol. The second-order valence-electron chi connectivity index (χ2n) is 8.55. The van der Waals surface area contributed by atoms with Gasteiger partial charge in [-0.3, -0.25) is 14.6 Å². The predicted octanol–water partition coefficient (Wildman–Crippen LogP) is 2.66. The van der Waals surface area contributed by atoms with Crippen LogP contribution in [0.5, 0.6) is 0 Å². The monoisotopic (exact) mass is 395 g/mol. The van der Waals surface area contributed by atoms with Gasteiger partial charge in [0.1, 0.15) is 0 Å². The van der Waals surface area contributed by atoms with Crippen molar-refractivity contribution in [2.45, 2.75) is 51.6 Å². The summed E-state index contributed by atoms with van der Waals surface area (Å²) in [4.78, 5) is 37.4. The Kier molecular flexibility index (Phi) is 5.65. The summed E-state index contributed by atoms with van der Waals surface area (Å²) in [7, 11) is 0. The van der Waals surface area contributed by atoms with Gasteiger partial charge in [0.15, 0.2) is 0 Å². The van der Waals surface area contributed by atoms with E-state index in [9.17, 15) is 9.59 Å². The number of rotatable bonds is 5. The van der Waals surface area contributed by atoms with E-state index in [2.05, 4.69) is 9.97 Å². The van der Waals surface area contributed by atoms with Gasteiger partial charge in [-0.2, -0.15) is 0 Å². The van der Waals surface area contributed by atoms with Gasteiger partial charge in [-0.25, -0.2) is 4.98 Å². The van der Waals surface area contributed by atoms with Crippen molar-refractivity contribution in [1.29, 1.82) is 0 Å². The molecule has 0 N–H and O–H groups in total. The molecule has 2 fully saturated rings. The number of amides is 2.